The minimum Gasteiger partial charge on any atom is -0.363 e. The zero-order valence-corrected chi connectivity index (χ0v) is 23.8. The van der Waals surface area contributed by atoms with Gasteiger partial charge in [-0.05, 0) is 38.5 Å². The predicted octanol–water partition coefficient (Wildman–Crippen LogP) is 1.86. The fraction of sp³-hybridized carbons (Fsp3) is 0.800. The van der Waals surface area contributed by atoms with Crippen LogP contribution in [0.25, 0.3) is 0 Å². The molecule has 0 aromatic carbocycles. The number of hydrogen-bond donors (Lipinski definition) is 4. The van der Waals surface area contributed by atoms with E-state index in [4.69, 9.17) is 28.9 Å². The smallest absolute Gasteiger partial charge is 0.315 e. The zero-order chi connectivity index (χ0) is 28.1. The van der Waals surface area contributed by atoms with Crippen molar-refractivity contribution >= 4 is 52.7 Å². The summed E-state index contributed by atoms with van der Waals surface area (Å²) >= 11 is 12.9. The number of Topliss-reactive ketones (excluding diaryl/α,β-unsaturated/α-hetero) is 1. The SMILES string of the molecule is CC(C)(C)NC(=O)NC(C(=O)N1C[C@H]2[C@@H](C1C(=O)N[C@@H](CC1CCC1)C(=O)C(N)=O)C2(Cl)Cl)C(C)(C)C. The summed E-state index contributed by atoms with van der Waals surface area (Å²) in [4.78, 5) is 65.6. The van der Waals surface area contributed by atoms with E-state index < -0.39 is 68.9 Å². The average Bonchev–Trinajstić information content (AvgIpc) is 3.06. The molecule has 10 nitrogen and oxygen atoms in total. The lowest BCUT2D eigenvalue weighted by Gasteiger charge is -2.38. The van der Waals surface area contributed by atoms with Gasteiger partial charge in [0, 0.05) is 23.9 Å². The van der Waals surface area contributed by atoms with Crippen LogP contribution in [0.1, 0.15) is 67.2 Å². The first-order valence-corrected chi connectivity index (χ1v) is 13.5. The number of carbonyl (C=O) groups excluding carboxylic acids is 5. The molecule has 5 N–H and O–H groups in total. The van der Waals surface area contributed by atoms with Gasteiger partial charge in [0.15, 0.2) is 0 Å². The highest BCUT2D eigenvalue weighted by Gasteiger charge is 2.74. The lowest BCUT2D eigenvalue weighted by molar-refractivity contribution is -0.144. The number of halogens is 2. The molecule has 2 aliphatic carbocycles. The van der Waals surface area contributed by atoms with Crippen LogP contribution in [0.5, 0.6) is 0 Å². The number of nitrogens with one attached hydrogen (secondary N) is 3. The van der Waals surface area contributed by atoms with Gasteiger partial charge < -0.3 is 26.6 Å². The Morgan fingerprint density at radius 1 is 1.03 bits per heavy atom. The quantitative estimate of drug-likeness (QED) is 0.264. The molecular weight excluding hydrogens is 521 g/mol. The molecule has 0 aromatic heterocycles. The predicted molar refractivity (Wildman–Crippen MR) is 140 cm³/mol. The van der Waals surface area contributed by atoms with Crippen molar-refractivity contribution in [3.05, 3.63) is 0 Å². The number of urea groups is 1. The molecule has 1 heterocycles. The average molecular weight is 561 g/mol. The van der Waals surface area contributed by atoms with Gasteiger partial charge in [-0.25, -0.2) is 4.79 Å². The number of nitrogens with two attached hydrogens (primary N) is 1. The van der Waals surface area contributed by atoms with Gasteiger partial charge in [0.05, 0.1) is 6.04 Å². The fourth-order valence-electron chi connectivity index (χ4n) is 5.18. The van der Waals surface area contributed by atoms with Gasteiger partial charge in [-0.3, -0.25) is 19.2 Å². The molecule has 3 fully saturated rings. The molecule has 3 rings (SSSR count). The Labute approximate surface area is 228 Å². The Bertz CT molecular complexity index is 969. The highest BCUT2D eigenvalue weighted by atomic mass is 35.5. The van der Waals surface area contributed by atoms with Gasteiger partial charge >= 0.3 is 6.03 Å². The summed E-state index contributed by atoms with van der Waals surface area (Å²) in [6.45, 7) is 11.0. The maximum absolute atomic E-state index is 13.8. The van der Waals surface area contributed by atoms with E-state index in [1.54, 1.807) is 0 Å². The number of fused-ring (bicyclic) bond motifs is 1. The Kier molecular flexibility index (Phi) is 8.16. The van der Waals surface area contributed by atoms with E-state index in [2.05, 4.69) is 16.0 Å². The lowest BCUT2D eigenvalue weighted by Crippen LogP contribution is -2.62. The standard InChI is InChI=1S/C25H39Cl2N5O5/c1-23(2,3)18(30-22(37)31-24(4,5)6)21(36)32-11-13-15(25(13,26)27)16(32)20(35)29-14(17(33)19(28)34)10-12-8-7-9-12/h12-16,18H,7-11H2,1-6H3,(H2,28,34)(H,29,35)(H2,30,31,37)/t13-,14-,15-,16?,18?/m0/s1. The van der Waals surface area contributed by atoms with Crippen LogP contribution in [0.3, 0.4) is 0 Å². The van der Waals surface area contributed by atoms with Crippen molar-refractivity contribution in [1.29, 1.82) is 0 Å². The number of amides is 5. The largest absolute Gasteiger partial charge is 0.363 e. The summed E-state index contributed by atoms with van der Waals surface area (Å²) in [6.07, 6.45) is 3.13. The third kappa shape index (κ3) is 6.50. The topological polar surface area (TPSA) is 151 Å². The van der Waals surface area contributed by atoms with E-state index in [0.29, 0.717) is 6.42 Å². The van der Waals surface area contributed by atoms with Gasteiger partial charge in [-0.1, -0.05) is 40.0 Å². The minimum atomic E-state index is -1.19. The molecule has 2 unspecified atom stereocenters. The first kappa shape index (κ1) is 29.5. The fourth-order valence-corrected chi connectivity index (χ4v) is 6.00. The molecule has 3 aliphatic rings. The summed E-state index contributed by atoms with van der Waals surface area (Å²) in [5.74, 6) is -3.74. The van der Waals surface area contributed by atoms with Crippen molar-refractivity contribution in [3.8, 4) is 0 Å². The first-order valence-electron chi connectivity index (χ1n) is 12.8. The van der Waals surface area contributed by atoms with E-state index in [1.165, 1.54) is 4.90 Å². The highest BCUT2D eigenvalue weighted by Crippen LogP contribution is 2.65. The zero-order valence-electron chi connectivity index (χ0n) is 22.3. The van der Waals surface area contributed by atoms with Crippen LogP contribution in [0.2, 0.25) is 0 Å². The van der Waals surface area contributed by atoms with E-state index in [0.717, 1.165) is 19.3 Å². The van der Waals surface area contributed by atoms with Crippen LogP contribution < -0.4 is 21.7 Å². The second-order valence-corrected chi connectivity index (χ2v) is 14.2. The second-order valence-electron chi connectivity index (χ2n) is 12.7. The molecule has 5 atom stereocenters. The number of likely N-dealkylation sites (tertiary alicyclic amines) is 1. The van der Waals surface area contributed by atoms with Gasteiger partial charge in [0.25, 0.3) is 5.91 Å². The maximum atomic E-state index is 13.8. The van der Waals surface area contributed by atoms with Crippen LogP contribution >= 0.6 is 23.2 Å². The minimum absolute atomic E-state index is 0.126. The molecule has 0 aromatic rings. The van der Waals surface area contributed by atoms with E-state index in [9.17, 15) is 24.0 Å². The molecular formula is C25H39Cl2N5O5. The van der Waals surface area contributed by atoms with E-state index in [-0.39, 0.29) is 18.4 Å². The second kappa shape index (κ2) is 10.2. The molecule has 208 valence electrons. The van der Waals surface area contributed by atoms with Crippen LogP contribution in [-0.2, 0) is 19.2 Å². The van der Waals surface area contributed by atoms with Crippen LogP contribution in [0, 0.1) is 23.2 Å². The molecule has 2 saturated carbocycles. The Morgan fingerprint density at radius 3 is 2.08 bits per heavy atom. The van der Waals surface area contributed by atoms with Crippen molar-refractivity contribution in [2.75, 3.05) is 6.54 Å². The van der Waals surface area contributed by atoms with Crippen molar-refractivity contribution in [2.45, 2.75) is 95.2 Å². The van der Waals surface area contributed by atoms with Crippen LogP contribution in [0.15, 0.2) is 0 Å². The molecule has 1 aliphatic heterocycles. The number of ketones is 1. The maximum Gasteiger partial charge on any atom is 0.315 e. The molecule has 0 spiro atoms. The summed E-state index contributed by atoms with van der Waals surface area (Å²) in [7, 11) is 0. The summed E-state index contributed by atoms with van der Waals surface area (Å²) in [5, 5.41) is 8.22. The van der Waals surface area contributed by atoms with E-state index >= 15 is 0 Å². The van der Waals surface area contributed by atoms with Crippen LogP contribution in [-0.4, -0.2) is 69.0 Å². The van der Waals surface area contributed by atoms with Crippen molar-refractivity contribution in [1.82, 2.24) is 20.9 Å². The number of rotatable bonds is 8. The van der Waals surface area contributed by atoms with Crippen molar-refractivity contribution in [3.63, 3.8) is 0 Å². The van der Waals surface area contributed by atoms with Gasteiger partial charge in [0.1, 0.15) is 16.4 Å². The third-order valence-electron chi connectivity index (χ3n) is 7.43. The molecule has 12 heteroatoms. The molecule has 0 bridgehead atoms. The number of alkyl halides is 2. The molecule has 1 saturated heterocycles. The monoisotopic (exact) mass is 559 g/mol. The molecule has 0 radical (unpaired) electrons. The number of nitrogens with zero attached hydrogens (tertiary/aromatic N) is 1. The summed E-state index contributed by atoms with van der Waals surface area (Å²) in [6, 6.07) is -3.61. The van der Waals surface area contributed by atoms with Crippen molar-refractivity contribution in [2.24, 2.45) is 28.9 Å². The van der Waals surface area contributed by atoms with E-state index in [1.807, 2.05) is 41.5 Å². The van der Waals surface area contributed by atoms with Gasteiger partial charge in [-0.15, -0.1) is 23.2 Å². The Morgan fingerprint density at radius 2 is 1.62 bits per heavy atom. The first-order chi connectivity index (χ1) is 16.8. The third-order valence-corrected chi connectivity index (χ3v) is 8.50. The lowest BCUT2D eigenvalue weighted by atomic mass is 9.80. The Balaban J connectivity index is 1.83. The number of piperidine rings is 1. The number of carbonyl (C=O) groups is 5. The van der Waals surface area contributed by atoms with Crippen LogP contribution in [0.4, 0.5) is 4.79 Å². The summed E-state index contributed by atoms with van der Waals surface area (Å²) in [5.41, 5.74) is 4.03. The normalized spacial score (nSPS) is 26.3. The molecule has 37 heavy (non-hydrogen) atoms. The number of primary amides is 1. The Hall–Kier alpha value is -2.07. The number of hydrogen-bond acceptors (Lipinski definition) is 5. The van der Waals surface area contributed by atoms with Crippen molar-refractivity contribution < 1.29 is 24.0 Å². The highest BCUT2D eigenvalue weighted by molar-refractivity contribution is 6.51. The summed E-state index contributed by atoms with van der Waals surface area (Å²) < 4.78 is -1.19. The van der Waals surface area contributed by atoms with Gasteiger partial charge in [-0.2, -0.15) is 0 Å². The van der Waals surface area contributed by atoms with Gasteiger partial charge in [0.2, 0.25) is 17.6 Å². The molecule has 5 amide bonds.